The lowest BCUT2D eigenvalue weighted by molar-refractivity contribution is 0.206. The summed E-state index contributed by atoms with van der Waals surface area (Å²) in [4.78, 5) is 0. The molecule has 1 aromatic rings. The Labute approximate surface area is 118 Å². The minimum atomic E-state index is 0.285. The average Bonchev–Trinajstić information content (AvgIpc) is 2.43. The zero-order chi connectivity index (χ0) is 13.9. The molecule has 0 bridgehead atoms. The molecule has 19 heavy (non-hydrogen) atoms. The fourth-order valence-electron chi connectivity index (χ4n) is 2.24. The van der Waals surface area contributed by atoms with E-state index >= 15 is 0 Å². The lowest BCUT2D eigenvalue weighted by Gasteiger charge is -2.16. The average molecular weight is 260 g/mol. The number of unbranched alkanes of at least 4 members (excludes halogenated alkanes) is 5. The van der Waals surface area contributed by atoms with E-state index in [2.05, 4.69) is 20.4 Å². The summed E-state index contributed by atoms with van der Waals surface area (Å²) in [6.45, 7) is 8.24. The molecule has 1 rings (SSSR count). The summed E-state index contributed by atoms with van der Waals surface area (Å²) in [6.07, 6.45) is 11.3. The molecule has 1 heteroatoms. The van der Waals surface area contributed by atoms with Gasteiger partial charge < -0.3 is 4.74 Å². The van der Waals surface area contributed by atoms with Crippen LogP contribution in [0.3, 0.4) is 0 Å². The molecule has 1 aromatic carbocycles. The Kier molecular flexibility index (Phi) is 8.04. The zero-order valence-electron chi connectivity index (χ0n) is 12.5. The van der Waals surface area contributed by atoms with Gasteiger partial charge in [0.1, 0.15) is 5.75 Å². The summed E-state index contributed by atoms with van der Waals surface area (Å²) in [6, 6.07) is 8.09. The summed E-state index contributed by atoms with van der Waals surface area (Å²) in [5.74, 6) is 0.955. The Morgan fingerprint density at radius 2 is 1.79 bits per heavy atom. The topological polar surface area (TPSA) is 9.23 Å². The van der Waals surface area contributed by atoms with Gasteiger partial charge in [-0.15, -0.1) is 0 Å². The highest BCUT2D eigenvalue weighted by Gasteiger charge is 2.06. The van der Waals surface area contributed by atoms with E-state index in [0.29, 0.717) is 0 Å². The van der Waals surface area contributed by atoms with Crippen LogP contribution < -0.4 is 4.74 Å². The highest BCUT2D eigenvalue weighted by atomic mass is 16.5. The van der Waals surface area contributed by atoms with Crippen LogP contribution in [0.1, 0.15) is 64.4 Å². The first kappa shape index (κ1) is 15.8. The van der Waals surface area contributed by atoms with Gasteiger partial charge in [0.15, 0.2) is 0 Å². The van der Waals surface area contributed by atoms with Crippen LogP contribution in [0.4, 0.5) is 0 Å². The molecule has 0 saturated carbocycles. The fourth-order valence-corrected chi connectivity index (χ4v) is 2.24. The highest BCUT2D eigenvalue weighted by Crippen LogP contribution is 2.21. The van der Waals surface area contributed by atoms with Crippen LogP contribution in [0, 0.1) is 0 Å². The Bertz CT molecular complexity index is 356. The van der Waals surface area contributed by atoms with E-state index in [9.17, 15) is 0 Å². The molecule has 0 heterocycles. The van der Waals surface area contributed by atoms with Crippen molar-refractivity contribution in [2.75, 3.05) is 0 Å². The van der Waals surface area contributed by atoms with Crippen LogP contribution in [0.15, 0.2) is 30.8 Å². The van der Waals surface area contributed by atoms with Gasteiger partial charge in [0.05, 0.1) is 6.10 Å². The van der Waals surface area contributed by atoms with E-state index < -0.39 is 0 Å². The van der Waals surface area contributed by atoms with Gasteiger partial charge in [-0.1, -0.05) is 69.9 Å². The smallest absolute Gasteiger partial charge is 0.126 e. The van der Waals surface area contributed by atoms with Crippen LogP contribution >= 0.6 is 0 Å². The number of hydrogen-bond acceptors (Lipinski definition) is 1. The molecule has 0 spiro atoms. The van der Waals surface area contributed by atoms with Gasteiger partial charge in [-0.25, -0.2) is 0 Å². The van der Waals surface area contributed by atoms with Gasteiger partial charge in [0, 0.05) is 5.56 Å². The maximum absolute atomic E-state index is 5.99. The third-order valence-electron chi connectivity index (χ3n) is 3.43. The maximum Gasteiger partial charge on any atom is 0.126 e. The number of ether oxygens (including phenoxy) is 1. The quantitative estimate of drug-likeness (QED) is 0.480. The number of hydrogen-bond donors (Lipinski definition) is 0. The van der Waals surface area contributed by atoms with E-state index in [4.69, 9.17) is 4.74 Å². The lowest BCUT2D eigenvalue weighted by atomic mass is 10.1. The van der Waals surface area contributed by atoms with Crippen molar-refractivity contribution in [2.24, 2.45) is 0 Å². The second kappa shape index (κ2) is 9.66. The predicted molar refractivity (Wildman–Crippen MR) is 84.6 cm³/mol. The van der Waals surface area contributed by atoms with Gasteiger partial charge >= 0.3 is 0 Å². The molecule has 1 nitrogen and oxygen atoms in total. The van der Waals surface area contributed by atoms with Gasteiger partial charge in [0.25, 0.3) is 0 Å². The van der Waals surface area contributed by atoms with E-state index in [1.165, 1.54) is 38.5 Å². The lowest BCUT2D eigenvalue weighted by Crippen LogP contribution is -2.12. The molecule has 0 aliphatic heterocycles. The minimum absolute atomic E-state index is 0.285. The molecule has 0 aromatic heterocycles. The van der Waals surface area contributed by atoms with Crippen molar-refractivity contribution < 1.29 is 4.74 Å². The van der Waals surface area contributed by atoms with Gasteiger partial charge in [-0.3, -0.25) is 0 Å². The fraction of sp³-hybridized carbons (Fsp3) is 0.556. The van der Waals surface area contributed by atoms with Crippen molar-refractivity contribution in [2.45, 2.75) is 64.9 Å². The molecule has 0 N–H and O–H groups in total. The highest BCUT2D eigenvalue weighted by molar-refractivity contribution is 5.55. The maximum atomic E-state index is 5.99. The molecule has 1 unspecified atom stereocenters. The number of rotatable bonds is 10. The summed E-state index contributed by atoms with van der Waals surface area (Å²) in [7, 11) is 0. The molecule has 0 fully saturated rings. The number of benzene rings is 1. The van der Waals surface area contributed by atoms with Crippen LogP contribution in [-0.4, -0.2) is 6.10 Å². The predicted octanol–water partition coefficient (Wildman–Crippen LogP) is 5.85. The molecular formula is C18H28O. The van der Waals surface area contributed by atoms with E-state index in [0.717, 1.165) is 17.7 Å². The van der Waals surface area contributed by atoms with Crippen molar-refractivity contribution in [3.05, 3.63) is 36.4 Å². The second-order valence-electron chi connectivity index (χ2n) is 5.23. The van der Waals surface area contributed by atoms with Crippen LogP contribution in [0.25, 0.3) is 6.08 Å². The summed E-state index contributed by atoms with van der Waals surface area (Å²) in [5, 5.41) is 0. The summed E-state index contributed by atoms with van der Waals surface area (Å²) < 4.78 is 5.99. The van der Waals surface area contributed by atoms with Gasteiger partial charge in [-0.2, -0.15) is 0 Å². The third kappa shape index (κ3) is 6.47. The molecule has 0 aliphatic rings. The molecule has 0 aliphatic carbocycles. The van der Waals surface area contributed by atoms with Crippen molar-refractivity contribution in [1.82, 2.24) is 0 Å². The van der Waals surface area contributed by atoms with Crippen molar-refractivity contribution in [3.63, 3.8) is 0 Å². The van der Waals surface area contributed by atoms with Crippen molar-refractivity contribution >= 4 is 6.08 Å². The van der Waals surface area contributed by atoms with E-state index in [1.807, 2.05) is 30.3 Å². The Hall–Kier alpha value is -1.24. The van der Waals surface area contributed by atoms with Gasteiger partial charge in [0.2, 0.25) is 0 Å². The van der Waals surface area contributed by atoms with E-state index in [1.54, 1.807) is 0 Å². The largest absolute Gasteiger partial charge is 0.490 e. The monoisotopic (exact) mass is 260 g/mol. The molecule has 106 valence electrons. The Morgan fingerprint density at radius 3 is 2.53 bits per heavy atom. The first-order chi connectivity index (χ1) is 9.27. The SMILES string of the molecule is C=Cc1ccccc1OC(C)CCCCCCCC. The first-order valence-corrected chi connectivity index (χ1v) is 7.66. The van der Waals surface area contributed by atoms with Crippen LogP contribution in [-0.2, 0) is 0 Å². The van der Waals surface area contributed by atoms with Crippen LogP contribution in [0.2, 0.25) is 0 Å². The Balaban J connectivity index is 2.23. The minimum Gasteiger partial charge on any atom is -0.490 e. The molecule has 0 amide bonds. The van der Waals surface area contributed by atoms with Gasteiger partial charge in [-0.05, 0) is 25.8 Å². The van der Waals surface area contributed by atoms with E-state index in [-0.39, 0.29) is 6.10 Å². The molecule has 0 radical (unpaired) electrons. The van der Waals surface area contributed by atoms with Crippen LogP contribution in [0.5, 0.6) is 5.75 Å². The summed E-state index contributed by atoms with van der Waals surface area (Å²) in [5.41, 5.74) is 1.08. The second-order valence-corrected chi connectivity index (χ2v) is 5.23. The first-order valence-electron chi connectivity index (χ1n) is 7.66. The number of para-hydroxylation sites is 1. The standard InChI is InChI=1S/C18H28O/c1-4-6-7-8-9-10-13-16(3)19-18-15-12-11-14-17(18)5-2/h5,11-12,14-16H,2,4,6-10,13H2,1,3H3. The molecule has 0 saturated heterocycles. The Morgan fingerprint density at radius 1 is 1.11 bits per heavy atom. The summed E-state index contributed by atoms with van der Waals surface area (Å²) >= 11 is 0. The molecule has 1 atom stereocenters. The van der Waals surface area contributed by atoms with Crippen molar-refractivity contribution in [1.29, 1.82) is 0 Å². The zero-order valence-corrected chi connectivity index (χ0v) is 12.5. The third-order valence-corrected chi connectivity index (χ3v) is 3.43. The van der Waals surface area contributed by atoms with Crippen molar-refractivity contribution in [3.8, 4) is 5.75 Å². The normalized spacial score (nSPS) is 12.1. The molecular weight excluding hydrogens is 232 g/mol.